The summed E-state index contributed by atoms with van der Waals surface area (Å²) in [5.41, 5.74) is 3.81. The van der Waals surface area contributed by atoms with Crippen molar-refractivity contribution >= 4 is 32.8 Å². The van der Waals surface area contributed by atoms with Gasteiger partial charge in [0.25, 0.3) is 0 Å². The lowest BCUT2D eigenvalue weighted by molar-refractivity contribution is 0.0730. The van der Waals surface area contributed by atoms with Gasteiger partial charge in [0.05, 0.1) is 46.8 Å². The van der Waals surface area contributed by atoms with E-state index >= 15 is 0 Å². The van der Waals surface area contributed by atoms with Gasteiger partial charge in [0.1, 0.15) is 5.82 Å². The van der Waals surface area contributed by atoms with Crippen LogP contribution in [0.3, 0.4) is 0 Å². The summed E-state index contributed by atoms with van der Waals surface area (Å²) >= 11 is 1.62. The lowest BCUT2D eigenvalue weighted by Crippen LogP contribution is -2.40. The third kappa shape index (κ3) is 4.26. The van der Waals surface area contributed by atoms with Crippen molar-refractivity contribution in [2.45, 2.75) is 29.3 Å². The lowest BCUT2D eigenvalue weighted by Gasteiger charge is -2.26. The van der Waals surface area contributed by atoms with E-state index in [0.717, 1.165) is 34.3 Å². The van der Waals surface area contributed by atoms with Crippen LogP contribution in [0.1, 0.15) is 12.7 Å². The van der Waals surface area contributed by atoms with Crippen molar-refractivity contribution in [3.8, 4) is 11.3 Å². The number of morpholine rings is 1. The molecule has 178 valence electrons. The maximum atomic E-state index is 13.1. The Kier molecular flexibility index (Phi) is 6.48. The van der Waals surface area contributed by atoms with Gasteiger partial charge in [0.2, 0.25) is 10.0 Å². The van der Waals surface area contributed by atoms with E-state index in [-0.39, 0.29) is 4.90 Å². The molecule has 1 aliphatic heterocycles. The summed E-state index contributed by atoms with van der Waals surface area (Å²) in [4.78, 5) is 9.69. The Morgan fingerprint density at radius 1 is 1.09 bits per heavy atom. The van der Waals surface area contributed by atoms with E-state index in [1.807, 2.05) is 37.5 Å². The number of aromatic nitrogens is 4. The molecule has 5 rings (SSSR count). The second-order valence-electron chi connectivity index (χ2n) is 8.08. The molecule has 3 heterocycles. The van der Waals surface area contributed by atoms with Crippen molar-refractivity contribution in [2.75, 3.05) is 26.3 Å². The van der Waals surface area contributed by atoms with E-state index in [0.29, 0.717) is 37.6 Å². The van der Waals surface area contributed by atoms with Crippen LogP contribution in [-0.2, 0) is 34.1 Å². The van der Waals surface area contributed by atoms with Crippen LogP contribution in [-0.4, -0.2) is 58.1 Å². The minimum atomic E-state index is -3.56. The maximum Gasteiger partial charge on any atom is 0.243 e. The Morgan fingerprint density at radius 2 is 1.85 bits per heavy atom. The summed E-state index contributed by atoms with van der Waals surface area (Å²) in [7, 11) is -1.55. The Labute approximate surface area is 203 Å². The number of rotatable bonds is 7. The number of fused-ring (bicyclic) bond motifs is 1. The normalized spacial score (nSPS) is 15.2. The van der Waals surface area contributed by atoms with Crippen LogP contribution in [0.15, 0.2) is 64.8 Å². The fraction of sp³-hybridized carbons (Fsp3) is 0.333. The zero-order valence-corrected chi connectivity index (χ0v) is 20.8. The second-order valence-corrected chi connectivity index (χ2v) is 11.0. The largest absolute Gasteiger partial charge is 0.379 e. The van der Waals surface area contributed by atoms with E-state index in [2.05, 4.69) is 33.2 Å². The third-order valence-electron chi connectivity index (χ3n) is 6.07. The number of hydrogen-bond donors (Lipinski definition) is 0. The van der Waals surface area contributed by atoms with Crippen molar-refractivity contribution in [3.63, 3.8) is 0 Å². The predicted molar refractivity (Wildman–Crippen MR) is 133 cm³/mol. The number of aryl methyl sites for hydroxylation is 1. The summed E-state index contributed by atoms with van der Waals surface area (Å²) in [6, 6.07) is 15.4. The van der Waals surface area contributed by atoms with Gasteiger partial charge in [0, 0.05) is 26.7 Å². The van der Waals surface area contributed by atoms with E-state index in [9.17, 15) is 8.42 Å². The molecular formula is C24H27N5O3S2. The Bertz CT molecular complexity index is 1410. The first-order valence-corrected chi connectivity index (χ1v) is 13.7. The van der Waals surface area contributed by atoms with Crippen LogP contribution < -0.4 is 0 Å². The minimum absolute atomic E-state index is 0.276. The van der Waals surface area contributed by atoms with Crippen LogP contribution >= 0.6 is 11.8 Å². The number of thioether (sulfide) groups is 1. The third-order valence-corrected chi connectivity index (χ3v) is 9.00. The fourth-order valence-electron chi connectivity index (χ4n) is 4.25. The second kappa shape index (κ2) is 9.53. The summed E-state index contributed by atoms with van der Waals surface area (Å²) < 4.78 is 37.2. The highest BCUT2D eigenvalue weighted by molar-refractivity contribution is 7.98. The van der Waals surface area contributed by atoms with Gasteiger partial charge in [-0.2, -0.15) is 4.31 Å². The molecule has 0 unspecified atom stereocenters. The lowest BCUT2D eigenvalue weighted by atomic mass is 10.2. The molecule has 2 aromatic heterocycles. The predicted octanol–water partition coefficient (Wildman–Crippen LogP) is 3.77. The first-order valence-electron chi connectivity index (χ1n) is 11.3. The first-order chi connectivity index (χ1) is 16.5. The van der Waals surface area contributed by atoms with Crippen molar-refractivity contribution < 1.29 is 13.2 Å². The molecule has 0 atom stereocenters. The molecule has 0 amide bonds. The molecule has 4 aromatic rings. The molecule has 0 saturated carbocycles. The number of benzene rings is 2. The first kappa shape index (κ1) is 23.1. The monoisotopic (exact) mass is 497 g/mol. The summed E-state index contributed by atoms with van der Waals surface area (Å²) in [5, 5.41) is 0.907. The van der Waals surface area contributed by atoms with Gasteiger partial charge in [-0.3, -0.25) is 0 Å². The van der Waals surface area contributed by atoms with Crippen LogP contribution in [0.25, 0.3) is 22.3 Å². The fourth-order valence-corrected chi connectivity index (χ4v) is 6.58. The average molecular weight is 498 g/mol. The highest BCUT2D eigenvalue weighted by atomic mass is 32.2. The average Bonchev–Trinajstić information content (AvgIpc) is 3.42. The summed E-state index contributed by atoms with van der Waals surface area (Å²) in [6.45, 7) is 4.42. The van der Waals surface area contributed by atoms with Crippen molar-refractivity contribution in [1.82, 2.24) is 23.4 Å². The van der Waals surface area contributed by atoms with Gasteiger partial charge in [-0.15, -0.1) is 0 Å². The zero-order valence-electron chi connectivity index (χ0n) is 19.2. The number of nitrogens with zero attached hydrogens (tertiary/aromatic N) is 5. The molecule has 2 aromatic carbocycles. The Morgan fingerprint density at radius 3 is 2.59 bits per heavy atom. The molecule has 10 heteroatoms. The van der Waals surface area contributed by atoms with Crippen molar-refractivity contribution in [1.29, 1.82) is 0 Å². The van der Waals surface area contributed by atoms with Crippen LogP contribution in [0, 0.1) is 0 Å². The van der Waals surface area contributed by atoms with Crippen molar-refractivity contribution in [2.24, 2.45) is 7.05 Å². The number of hydrogen-bond acceptors (Lipinski definition) is 6. The van der Waals surface area contributed by atoms with E-state index in [4.69, 9.17) is 9.72 Å². The van der Waals surface area contributed by atoms with Crippen LogP contribution in [0.2, 0.25) is 0 Å². The summed E-state index contributed by atoms with van der Waals surface area (Å²) in [5.74, 6) is 1.53. The van der Waals surface area contributed by atoms with E-state index < -0.39 is 10.0 Å². The number of imidazole rings is 2. The van der Waals surface area contributed by atoms with Gasteiger partial charge >= 0.3 is 0 Å². The molecule has 8 nitrogen and oxygen atoms in total. The van der Waals surface area contributed by atoms with Gasteiger partial charge in [-0.25, -0.2) is 18.4 Å². The molecule has 1 aliphatic rings. The Hall–Kier alpha value is -2.66. The SMILES string of the molecule is CCn1c(CSc2ncc(-c3ccccc3)n2C)nc2cc(S(=O)(=O)N3CCOCC3)ccc21. The quantitative estimate of drug-likeness (QED) is 0.362. The standard InChI is InChI=1S/C24H27N5O3S2/c1-3-29-21-10-9-19(34(30,31)28-11-13-32-14-12-28)15-20(21)26-23(29)17-33-24-25-16-22(27(24)2)18-7-5-4-6-8-18/h4-10,15-16H,3,11-14,17H2,1-2H3. The molecule has 0 N–H and O–H groups in total. The molecule has 34 heavy (non-hydrogen) atoms. The highest BCUT2D eigenvalue weighted by Gasteiger charge is 2.27. The van der Waals surface area contributed by atoms with Crippen LogP contribution in [0.4, 0.5) is 0 Å². The summed E-state index contributed by atoms with van der Waals surface area (Å²) in [6.07, 6.45) is 1.89. The smallest absolute Gasteiger partial charge is 0.243 e. The van der Waals surface area contributed by atoms with Gasteiger partial charge in [-0.1, -0.05) is 42.1 Å². The van der Waals surface area contributed by atoms with E-state index in [1.54, 1.807) is 23.9 Å². The molecular weight excluding hydrogens is 470 g/mol. The number of sulfonamides is 1. The molecule has 1 fully saturated rings. The molecule has 0 spiro atoms. The minimum Gasteiger partial charge on any atom is -0.379 e. The zero-order chi connectivity index (χ0) is 23.7. The van der Waals surface area contributed by atoms with E-state index in [1.165, 1.54) is 4.31 Å². The maximum absolute atomic E-state index is 13.1. The van der Waals surface area contributed by atoms with Gasteiger partial charge in [-0.05, 0) is 30.7 Å². The molecule has 1 saturated heterocycles. The molecule has 0 radical (unpaired) electrons. The van der Waals surface area contributed by atoms with Gasteiger partial charge in [0.15, 0.2) is 5.16 Å². The topological polar surface area (TPSA) is 82.2 Å². The van der Waals surface area contributed by atoms with Gasteiger partial charge < -0.3 is 13.9 Å². The Balaban J connectivity index is 1.40. The number of ether oxygens (including phenoxy) is 1. The highest BCUT2D eigenvalue weighted by Crippen LogP contribution is 2.29. The molecule has 0 bridgehead atoms. The van der Waals surface area contributed by atoms with Crippen LogP contribution in [0.5, 0.6) is 0 Å². The van der Waals surface area contributed by atoms with Crippen molar-refractivity contribution in [3.05, 3.63) is 60.6 Å². The molecule has 0 aliphatic carbocycles.